The van der Waals surface area contributed by atoms with Crippen molar-refractivity contribution >= 4 is 0 Å². The van der Waals surface area contributed by atoms with Crippen LogP contribution in [-0.2, 0) is 11.2 Å². The molecule has 1 aromatic carbocycles. The molecule has 0 aliphatic carbocycles. The van der Waals surface area contributed by atoms with E-state index in [-0.39, 0.29) is 5.60 Å². The van der Waals surface area contributed by atoms with Gasteiger partial charge in [0.1, 0.15) is 5.60 Å². The average molecular weight is 174 g/mol. The van der Waals surface area contributed by atoms with Crippen molar-refractivity contribution in [2.75, 3.05) is 0 Å². The number of hydrogen-bond donors (Lipinski definition) is 0. The topological polar surface area (TPSA) is 12.5 Å². The molecule has 2 atom stereocenters. The number of epoxide rings is 1. The molecule has 0 radical (unpaired) electrons. The molecule has 1 aliphatic rings. The van der Waals surface area contributed by atoms with Crippen LogP contribution in [0, 0.1) is 0 Å². The van der Waals surface area contributed by atoms with E-state index in [9.17, 15) is 0 Å². The summed E-state index contributed by atoms with van der Waals surface area (Å²) in [7, 11) is 0. The molecule has 1 saturated heterocycles. The molecule has 68 valence electrons. The van der Waals surface area contributed by atoms with E-state index in [1.807, 2.05) is 12.1 Å². The molecular formula is C12H14O. The van der Waals surface area contributed by atoms with Crippen molar-refractivity contribution < 1.29 is 4.74 Å². The Morgan fingerprint density at radius 2 is 2.15 bits per heavy atom. The van der Waals surface area contributed by atoms with Gasteiger partial charge in [-0.05, 0) is 12.5 Å². The number of rotatable bonds is 3. The van der Waals surface area contributed by atoms with E-state index in [0.29, 0.717) is 6.10 Å². The molecule has 2 rings (SSSR count). The zero-order valence-electron chi connectivity index (χ0n) is 7.86. The fraction of sp³-hybridized carbons (Fsp3) is 0.333. The summed E-state index contributed by atoms with van der Waals surface area (Å²) in [5.41, 5.74) is 1.26. The highest BCUT2D eigenvalue weighted by atomic mass is 16.6. The van der Waals surface area contributed by atoms with Crippen LogP contribution in [-0.4, -0.2) is 11.7 Å². The summed E-state index contributed by atoms with van der Waals surface area (Å²) in [5, 5.41) is 0. The van der Waals surface area contributed by atoms with Gasteiger partial charge in [-0.3, -0.25) is 0 Å². The first kappa shape index (κ1) is 8.52. The summed E-state index contributed by atoms with van der Waals surface area (Å²) in [6, 6.07) is 10.4. The summed E-state index contributed by atoms with van der Waals surface area (Å²) >= 11 is 0. The third-order valence-corrected chi connectivity index (χ3v) is 2.65. The van der Waals surface area contributed by atoms with Crippen LogP contribution in [0.25, 0.3) is 0 Å². The third-order valence-electron chi connectivity index (χ3n) is 2.65. The molecule has 0 N–H and O–H groups in total. The van der Waals surface area contributed by atoms with Crippen LogP contribution in [0.3, 0.4) is 0 Å². The highest BCUT2D eigenvalue weighted by molar-refractivity contribution is 5.21. The van der Waals surface area contributed by atoms with E-state index in [1.165, 1.54) is 5.56 Å². The van der Waals surface area contributed by atoms with Crippen molar-refractivity contribution in [1.82, 2.24) is 0 Å². The van der Waals surface area contributed by atoms with E-state index in [2.05, 4.69) is 37.8 Å². The molecule has 1 heteroatoms. The zero-order chi connectivity index (χ0) is 9.31. The fourth-order valence-corrected chi connectivity index (χ4v) is 1.52. The molecule has 0 amide bonds. The molecule has 1 aliphatic heterocycles. The maximum atomic E-state index is 5.54. The number of hydrogen-bond acceptors (Lipinski definition) is 1. The predicted octanol–water partition coefficient (Wildman–Crippen LogP) is 2.57. The second kappa shape index (κ2) is 3.00. The van der Waals surface area contributed by atoms with Gasteiger partial charge < -0.3 is 4.74 Å². The molecule has 0 saturated carbocycles. The normalized spacial score (nSPS) is 31.3. The molecule has 0 bridgehead atoms. The summed E-state index contributed by atoms with van der Waals surface area (Å²) in [5.74, 6) is 0. The van der Waals surface area contributed by atoms with Gasteiger partial charge in [0.15, 0.2) is 0 Å². The highest BCUT2D eigenvalue weighted by Crippen LogP contribution is 2.39. The van der Waals surface area contributed by atoms with E-state index >= 15 is 0 Å². The van der Waals surface area contributed by atoms with Crippen LogP contribution in [0.5, 0.6) is 0 Å². The second-order valence-electron chi connectivity index (χ2n) is 3.68. The second-order valence-corrected chi connectivity index (χ2v) is 3.68. The van der Waals surface area contributed by atoms with Gasteiger partial charge >= 0.3 is 0 Å². The lowest BCUT2D eigenvalue weighted by Gasteiger charge is -1.98. The van der Waals surface area contributed by atoms with Crippen LogP contribution in [0.4, 0.5) is 0 Å². The molecule has 1 fully saturated rings. The van der Waals surface area contributed by atoms with E-state index < -0.39 is 0 Å². The Balaban J connectivity index is 1.99. The van der Waals surface area contributed by atoms with Crippen molar-refractivity contribution in [3.63, 3.8) is 0 Å². The molecule has 13 heavy (non-hydrogen) atoms. The first-order valence-electron chi connectivity index (χ1n) is 4.60. The maximum Gasteiger partial charge on any atom is 0.110 e. The van der Waals surface area contributed by atoms with Crippen molar-refractivity contribution in [3.05, 3.63) is 48.6 Å². The van der Waals surface area contributed by atoms with Crippen molar-refractivity contribution in [3.8, 4) is 0 Å². The number of ether oxygens (including phenoxy) is 1. The Morgan fingerprint density at radius 3 is 2.69 bits per heavy atom. The molecule has 1 heterocycles. The fourth-order valence-electron chi connectivity index (χ4n) is 1.52. The molecule has 0 aromatic heterocycles. The summed E-state index contributed by atoms with van der Waals surface area (Å²) in [4.78, 5) is 0. The van der Waals surface area contributed by atoms with Gasteiger partial charge in [-0.25, -0.2) is 0 Å². The van der Waals surface area contributed by atoms with Crippen LogP contribution < -0.4 is 0 Å². The lowest BCUT2D eigenvalue weighted by atomic mass is 10.0. The van der Waals surface area contributed by atoms with Gasteiger partial charge in [0.25, 0.3) is 0 Å². The Kier molecular flexibility index (Phi) is 1.97. The first-order valence-corrected chi connectivity index (χ1v) is 4.60. The van der Waals surface area contributed by atoms with Gasteiger partial charge in [-0.2, -0.15) is 0 Å². The van der Waals surface area contributed by atoms with Crippen LogP contribution in [0.1, 0.15) is 12.5 Å². The third kappa shape index (κ3) is 1.65. The molecular weight excluding hydrogens is 160 g/mol. The van der Waals surface area contributed by atoms with Crippen LogP contribution in [0.15, 0.2) is 43.0 Å². The Morgan fingerprint density at radius 1 is 1.46 bits per heavy atom. The van der Waals surface area contributed by atoms with Gasteiger partial charge in [0.2, 0.25) is 0 Å². The van der Waals surface area contributed by atoms with E-state index in [0.717, 1.165) is 6.42 Å². The Labute approximate surface area is 79.0 Å². The highest BCUT2D eigenvalue weighted by Gasteiger charge is 2.49. The Bertz CT molecular complexity index is 304. The average Bonchev–Trinajstić information content (AvgIpc) is 2.80. The molecule has 1 nitrogen and oxygen atoms in total. The predicted molar refractivity (Wildman–Crippen MR) is 53.6 cm³/mol. The van der Waals surface area contributed by atoms with Crippen molar-refractivity contribution in [1.29, 1.82) is 0 Å². The lowest BCUT2D eigenvalue weighted by Crippen LogP contribution is -2.07. The SMILES string of the molecule is C=CC1(C)OC1Cc1ccccc1. The maximum absolute atomic E-state index is 5.54. The Hall–Kier alpha value is -1.08. The number of benzene rings is 1. The molecule has 2 unspecified atom stereocenters. The first-order chi connectivity index (χ1) is 6.24. The van der Waals surface area contributed by atoms with Crippen LogP contribution in [0.2, 0.25) is 0 Å². The monoisotopic (exact) mass is 174 g/mol. The quantitative estimate of drug-likeness (QED) is 0.507. The van der Waals surface area contributed by atoms with Crippen molar-refractivity contribution in [2.24, 2.45) is 0 Å². The molecule has 0 spiro atoms. The smallest absolute Gasteiger partial charge is 0.110 e. The minimum atomic E-state index is -0.0736. The molecule has 1 aromatic rings. The van der Waals surface area contributed by atoms with Crippen LogP contribution >= 0.6 is 0 Å². The zero-order valence-corrected chi connectivity index (χ0v) is 7.86. The minimum Gasteiger partial charge on any atom is -0.362 e. The minimum absolute atomic E-state index is 0.0736. The van der Waals surface area contributed by atoms with Crippen molar-refractivity contribution in [2.45, 2.75) is 25.0 Å². The van der Waals surface area contributed by atoms with Gasteiger partial charge in [0, 0.05) is 6.42 Å². The van der Waals surface area contributed by atoms with Gasteiger partial charge in [0.05, 0.1) is 6.10 Å². The standard InChI is InChI=1S/C12H14O/c1-3-12(2)11(13-12)9-10-7-5-4-6-8-10/h3-8,11H,1,9H2,2H3. The van der Waals surface area contributed by atoms with E-state index in [4.69, 9.17) is 4.74 Å². The summed E-state index contributed by atoms with van der Waals surface area (Å²) < 4.78 is 5.54. The summed E-state index contributed by atoms with van der Waals surface area (Å²) in [6.45, 7) is 5.84. The lowest BCUT2D eigenvalue weighted by molar-refractivity contribution is 0.342. The largest absolute Gasteiger partial charge is 0.362 e. The summed E-state index contributed by atoms with van der Waals surface area (Å²) in [6.07, 6.45) is 3.21. The van der Waals surface area contributed by atoms with E-state index in [1.54, 1.807) is 0 Å². The van der Waals surface area contributed by atoms with Gasteiger partial charge in [-0.15, -0.1) is 6.58 Å². The van der Waals surface area contributed by atoms with Gasteiger partial charge in [-0.1, -0.05) is 36.4 Å².